The van der Waals surface area contributed by atoms with Crippen molar-refractivity contribution in [2.45, 2.75) is 6.92 Å². The maximum Gasteiger partial charge on any atom is 0.296 e. The van der Waals surface area contributed by atoms with Crippen molar-refractivity contribution in [1.82, 2.24) is 15.1 Å². The third-order valence-electron chi connectivity index (χ3n) is 1.58. The molecule has 2 heterocycles. The van der Waals surface area contributed by atoms with E-state index in [2.05, 4.69) is 20.4 Å². The SMILES string of the molecule is Cc1cc(C(=O)Nc2ncc[nH]2)on1. The summed E-state index contributed by atoms with van der Waals surface area (Å²) in [5.74, 6) is 0.170. The third-order valence-corrected chi connectivity index (χ3v) is 1.58. The van der Waals surface area contributed by atoms with Gasteiger partial charge in [0.05, 0.1) is 5.69 Å². The molecule has 0 radical (unpaired) electrons. The number of rotatable bonds is 2. The fraction of sp³-hybridized carbons (Fsp3) is 0.125. The molecule has 6 heteroatoms. The highest BCUT2D eigenvalue weighted by Gasteiger charge is 2.12. The molecule has 1 amide bonds. The van der Waals surface area contributed by atoms with E-state index >= 15 is 0 Å². The third kappa shape index (κ3) is 1.63. The van der Waals surface area contributed by atoms with E-state index in [0.29, 0.717) is 11.6 Å². The number of hydrogen-bond acceptors (Lipinski definition) is 4. The van der Waals surface area contributed by atoms with Crippen LogP contribution in [-0.4, -0.2) is 21.0 Å². The van der Waals surface area contributed by atoms with Crippen LogP contribution >= 0.6 is 0 Å². The average Bonchev–Trinajstić information content (AvgIpc) is 2.75. The van der Waals surface area contributed by atoms with E-state index in [9.17, 15) is 4.79 Å². The zero-order valence-corrected chi connectivity index (χ0v) is 7.44. The van der Waals surface area contributed by atoms with Crippen molar-refractivity contribution in [3.63, 3.8) is 0 Å². The predicted molar refractivity (Wildman–Crippen MR) is 47.8 cm³/mol. The second-order valence-corrected chi connectivity index (χ2v) is 2.72. The van der Waals surface area contributed by atoms with E-state index in [-0.39, 0.29) is 11.7 Å². The molecule has 72 valence electrons. The summed E-state index contributed by atoms with van der Waals surface area (Å²) in [6.45, 7) is 1.74. The maximum absolute atomic E-state index is 11.4. The summed E-state index contributed by atoms with van der Waals surface area (Å²) < 4.78 is 4.77. The number of imidazole rings is 1. The van der Waals surface area contributed by atoms with Gasteiger partial charge in [0.1, 0.15) is 0 Å². The number of aromatic nitrogens is 3. The Morgan fingerprint density at radius 2 is 2.50 bits per heavy atom. The van der Waals surface area contributed by atoms with Crippen LogP contribution in [0.25, 0.3) is 0 Å². The Balaban J connectivity index is 2.10. The van der Waals surface area contributed by atoms with Crippen LogP contribution in [0.1, 0.15) is 16.2 Å². The van der Waals surface area contributed by atoms with Crippen molar-refractivity contribution in [2.75, 3.05) is 5.32 Å². The molecular weight excluding hydrogens is 184 g/mol. The van der Waals surface area contributed by atoms with Gasteiger partial charge >= 0.3 is 0 Å². The van der Waals surface area contributed by atoms with Crippen molar-refractivity contribution in [2.24, 2.45) is 0 Å². The minimum Gasteiger partial charge on any atom is -0.351 e. The van der Waals surface area contributed by atoms with Crippen LogP contribution in [-0.2, 0) is 0 Å². The van der Waals surface area contributed by atoms with E-state index in [0.717, 1.165) is 0 Å². The molecule has 14 heavy (non-hydrogen) atoms. The fourth-order valence-electron chi connectivity index (χ4n) is 0.973. The zero-order valence-electron chi connectivity index (χ0n) is 7.44. The highest BCUT2D eigenvalue weighted by Crippen LogP contribution is 2.05. The molecule has 2 rings (SSSR count). The fourth-order valence-corrected chi connectivity index (χ4v) is 0.973. The largest absolute Gasteiger partial charge is 0.351 e. The molecule has 6 nitrogen and oxygen atoms in total. The number of amides is 1. The van der Waals surface area contributed by atoms with Gasteiger partial charge in [0.2, 0.25) is 11.7 Å². The van der Waals surface area contributed by atoms with Crippen LogP contribution in [0.3, 0.4) is 0 Å². The summed E-state index contributed by atoms with van der Waals surface area (Å²) in [7, 11) is 0. The van der Waals surface area contributed by atoms with Crippen LogP contribution in [0.15, 0.2) is 23.0 Å². The minimum absolute atomic E-state index is 0.166. The Kier molecular flexibility index (Phi) is 2.02. The Labute approximate surface area is 79.3 Å². The molecule has 0 saturated carbocycles. The van der Waals surface area contributed by atoms with Crippen molar-refractivity contribution < 1.29 is 9.32 Å². The lowest BCUT2D eigenvalue weighted by atomic mass is 10.4. The first-order valence-corrected chi connectivity index (χ1v) is 4.00. The van der Waals surface area contributed by atoms with Gasteiger partial charge in [0.25, 0.3) is 5.91 Å². The first-order valence-electron chi connectivity index (χ1n) is 4.00. The van der Waals surface area contributed by atoms with Crippen molar-refractivity contribution >= 4 is 11.9 Å². The smallest absolute Gasteiger partial charge is 0.296 e. The standard InChI is InChI=1S/C8H8N4O2/c1-5-4-6(14-12-5)7(13)11-8-9-2-3-10-8/h2-4H,1H3,(H2,9,10,11,13). The molecule has 0 atom stereocenters. The number of anilines is 1. The predicted octanol–water partition coefficient (Wildman–Crippen LogP) is 0.958. The Hall–Kier alpha value is -2.11. The first-order chi connectivity index (χ1) is 6.75. The van der Waals surface area contributed by atoms with Crippen molar-refractivity contribution in [1.29, 1.82) is 0 Å². The second-order valence-electron chi connectivity index (χ2n) is 2.72. The number of aromatic amines is 1. The van der Waals surface area contributed by atoms with Crippen molar-refractivity contribution in [3.05, 3.63) is 29.9 Å². The van der Waals surface area contributed by atoms with Crippen LogP contribution < -0.4 is 5.32 Å². The van der Waals surface area contributed by atoms with Crippen LogP contribution in [0, 0.1) is 6.92 Å². The lowest BCUT2D eigenvalue weighted by Gasteiger charge is -1.95. The van der Waals surface area contributed by atoms with Gasteiger partial charge in [-0.1, -0.05) is 5.16 Å². The van der Waals surface area contributed by atoms with Gasteiger partial charge in [-0.15, -0.1) is 0 Å². The molecule has 0 fully saturated rings. The second kappa shape index (κ2) is 3.33. The summed E-state index contributed by atoms with van der Waals surface area (Å²) in [6, 6.07) is 1.55. The number of H-pyrrole nitrogens is 1. The molecule has 0 aromatic carbocycles. The molecule has 2 aromatic heterocycles. The lowest BCUT2D eigenvalue weighted by Crippen LogP contribution is -2.11. The van der Waals surface area contributed by atoms with Gasteiger partial charge in [-0.25, -0.2) is 4.98 Å². The topological polar surface area (TPSA) is 83.8 Å². The van der Waals surface area contributed by atoms with E-state index in [1.54, 1.807) is 25.4 Å². The molecule has 0 saturated heterocycles. The van der Waals surface area contributed by atoms with Gasteiger partial charge in [-0.2, -0.15) is 0 Å². The van der Waals surface area contributed by atoms with Crippen LogP contribution in [0.5, 0.6) is 0 Å². The molecular formula is C8H8N4O2. The molecule has 0 aliphatic carbocycles. The quantitative estimate of drug-likeness (QED) is 0.742. The normalized spacial score (nSPS) is 10.1. The number of nitrogens with zero attached hydrogens (tertiary/aromatic N) is 2. The van der Waals surface area contributed by atoms with Crippen LogP contribution in [0.4, 0.5) is 5.95 Å². The Morgan fingerprint density at radius 1 is 1.64 bits per heavy atom. The van der Waals surface area contributed by atoms with Gasteiger partial charge in [-0.3, -0.25) is 10.1 Å². The van der Waals surface area contributed by atoms with Gasteiger partial charge in [0.15, 0.2) is 0 Å². The highest BCUT2D eigenvalue weighted by atomic mass is 16.5. The number of aryl methyl sites for hydroxylation is 1. The monoisotopic (exact) mass is 192 g/mol. The average molecular weight is 192 g/mol. The van der Waals surface area contributed by atoms with Crippen molar-refractivity contribution in [3.8, 4) is 0 Å². The summed E-state index contributed by atoms with van der Waals surface area (Å²) in [4.78, 5) is 18.0. The number of carbonyl (C=O) groups excluding carboxylic acids is 1. The zero-order chi connectivity index (χ0) is 9.97. The van der Waals surface area contributed by atoms with Crippen LogP contribution in [0.2, 0.25) is 0 Å². The molecule has 0 aliphatic rings. The first kappa shape index (κ1) is 8.49. The molecule has 0 unspecified atom stereocenters. The maximum atomic E-state index is 11.4. The summed E-state index contributed by atoms with van der Waals surface area (Å²) in [6.07, 6.45) is 3.16. The number of nitrogens with one attached hydrogen (secondary N) is 2. The molecule has 0 aliphatic heterocycles. The van der Waals surface area contributed by atoms with E-state index in [1.165, 1.54) is 0 Å². The molecule has 2 N–H and O–H groups in total. The molecule has 0 spiro atoms. The van der Waals surface area contributed by atoms with E-state index < -0.39 is 0 Å². The summed E-state index contributed by atoms with van der Waals surface area (Å²) >= 11 is 0. The van der Waals surface area contributed by atoms with Gasteiger partial charge in [-0.05, 0) is 6.92 Å². The molecule has 2 aromatic rings. The van der Waals surface area contributed by atoms with E-state index in [1.807, 2.05) is 0 Å². The summed E-state index contributed by atoms with van der Waals surface area (Å²) in [5, 5.41) is 6.11. The van der Waals surface area contributed by atoms with Gasteiger partial charge in [0, 0.05) is 18.5 Å². The van der Waals surface area contributed by atoms with E-state index in [4.69, 9.17) is 4.52 Å². The highest BCUT2D eigenvalue weighted by molar-refractivity contribution is 6.01. The summed E-state index contributed by atoms with van der Waals surface area (Å²) in [5.41, 5.74) is 0.662. The lowest BCUT2D eigenvalue weighted by molar-refractivity contribution is 0.0987. The Morgan fingerprint density at radius 3 is 3.07 bits per heavy atom. The minimum atomic E-state index is -0.374. The number of carbonyl (C=O) groups is 1. The Bertz CT molecular complexity index is 432. The number of hydrogen-bond donors (Lipinski definition) is 2. The molecule has 0 bridgehead atoms. The van der Waals surface area contributed by atoms with Gasteiger partial charge < -0.3 is 9.51 Å².